The molecule has 0 saturated carbocycles. The Hall–Kier alpha value is -0.634. The molecule has 0 atom stereocenters. The molecule has 0 aliphatic carbocycles. The van der Waals surface area contributed by atoms with Crippen LogP contribution in [0.3, 0.4) is 0 Å². The summed E-state index contributed by atoms with van der Waals surface area (Å²) in [6.45, 7) is 0.216. The van der Waals surface area contributed by atoms with Crippen LogP contribution in [0.2, 0.25) is 0 Å². The van der Waals surface area contributed by atoms with Crippen molar-refractivity contribution >= 4 is 39.1 Å². The Kier molecular flexibility index (Phi) is 7.36. The Balaban J connectivity index is 0.00000256. The highest BCUT2D eigenvalue weighted by molar-refractivity contribution is 7.85. The van der Waals surface area contributed by atoms with Crippen LogP contribution in [0.25, 0.3) is 0 Å². The topological polar surface area (TPSA) is 83.5 Å². The van der Waals surface area contributed by atoms with E-state index in [-0.39, 0.29) is 47.7 Å². The molecule has 0 unspecified atom stereocenters. The molecule has 5 nitrogen and oxygen atoms in total. The Morgan fingerprint density at radius 2 is 1.82 bits per heavy atom. The fourth-order valence-electron chi connectivity index (χ4n) is 1.15. The van der Waals surface area contributed by atoms with E-state index in [0.29, 0.717) is 5.56 Å². The highest BCUT2D eigenvalue weighted by atomic mass is 32.2. The Labute approximate surface area is 117 Å². The zero-order chi connectivity index (χ0) is 12.0. The SMILES string of the molecule is O=C(NCCCS(=O)(=O)O)c1ccccc1.[MgH2]. The quantitative estimate of drug-likeness (QED) is 0.440. The normalized spacial score (nSPS) is 10.4. The van der Waals surface area contributed by atoms with E-state index in [1.807, 2.05) is 0 Å². The first-order chi connectivity index (χ1) is 7.49. The molecule has 0 radical (unpaired) electrons. The number of carbonyl (C=O) groups excluding carboxylic acids is 1. The number of amides is 1. The van der Waals surface area contributed by atoms with E-state index in [9.17, 15) is 13.2 Å². The van der Waals surface area contributed by atoms with E-state index in [1.54, 1.807) is 30.3 Å². The number of benzene rings is 1. The van der Waals surface area contributed by atoms with Gasteiger partial charge in [0.15, 0.2) is 0 Å². The lowest BCUT2D eigenvalue weighted by atomic mass is 10.2. The highest BCUT2D eigenvalue weighted by Crippen LogP contribution is 1.97. The first-order valence-electron chi connectivity index (χ1n) is 4.77. The molecule has 0 bridgehead atoms. The van der Waals surface area contributed by atoms with Gasteiger partial charge in [-0.05, 0) is 18.6 Å². The average Bonchev–Trinajstić information content (AvgIpc) is 2.24. The summed E-state index contributed by atoms with van der Waals surface area (Å²) >= 11 is 0. The fraction of sp³-hybridized carbons (Fsp3) is 0.300. The van der Waals surface area contributed by atoms with Gasteiger partial charge in [0.25, 0.3) is 16.0 Å². The van der Waals surface area contributed by atoms with Crippen molar-refractivity contribution in [3.63, 3.8) is 0 Å². The van der Waals surface area contributed by atoms with Crippen LogP contribution < -0.4 is 5.32 Å². The number of nitrogens with one attached hydrogen (secondary N) is 1. The lowest BCUT2D eigenvalue weighted by Crippen LogP contribution is -2.25. The van der Waals surface area contributed by atoms with E-state index in [4.69, 9.17) is 4.55 Å². The van der Waals surface area contributed by atoms with Crippen molar-refractivity contribution in [3.8, 4) is 0 Å². The van der Waals surface area contributed by atoms with Crippen molar-refractivity contribution in [3.05, 3.63) is 35.9 Å². The number of hydrogen-bond acceptors (Lipinski definition) is 3. The van der Waals surface area contributed by atoms with Gasteiger partial charge in [0, 0.05) is 12.1 Å². The summed E-state index contributed by atoms with van der Waals surface area (Å²) in [6.07, 6.45) is 0.192. The van der Waals surface area contributed by atoms with Crippen LogP contribution >= 0.6 is 0 Å². The zero-order valence-corrected chi connectivity index (χ0v) is 9.40. The predicted octanol–water partition coefficient (Wildman–Crippen LogP) is -0.222. The maximum atomic E-state index is 11.4. The first kappa shape index (κ1) is 16.4. The summed E-state index contributed by atoms with van der Waals surface area (Å²) < 4.78 is 29.2. The largest absolute Gasteiger partial charge is 0.352 e. The van der Waals surface area contributed by atoms with Crippen molar-refractivity contribution in [2.45, 2.75) is 6.42 Å². The van der Waals surface area contributed by atoms with Gasteiger partial charge >= 0.3 is 23.1 Å². The summed E-state index contributed by atoms with van der Waals surface area (Å²) in [7, 11) is -3.94. The molecule has 0 saturated heterocycles. The lowest BCUT2D eigenvalue weighted by Gasteiger charge is -2.03. The molecule has 2 N–H and O–H groups in total. The second-order valence-corrected chi connectivity index (χ2v) is 4.83. The van der Waals surface area contributed by atoms with Crippen molar-refractivity contribution in [2.75, 3.05) is 12.3 Å². The van der Waals surface area contributed by atoms with Gasteiger partial charge in [-0.25, -0.2) is 0 Å². The smallest absolute Gasteiger partial charge is 0.316 e. The van der Waals surface area contributed by atoms with E-state index in [1.165, 1.54) is 0 Å². The van der Waals surface area contributed by atoms with Gasteiger partial charge in [-0.3, -0.25) is 9.35 Å². The van der Waals surface area contributed by atoms with Gasteiger partial charge in [-0.2, -0.15) is 8.42 Å². The van der Waals surface area contributed by atoms with Crippen LogP contribution in [-0.4, -0.2) is 54.2 Å². The first-order valence-corrected chi connectivity index (χ1v) is 6.38. The molecule has 1 aromatic rings. The molecular weight excluding hydrogens is 254 g/mol. The number of rotatable bonds is 5. The van der Waals surface area contributed by atoms with Gasteiger partial charge in [-0.1, -0.05) is 18.2 Å². The molecule has 92 valence electrons. The molecule has 7 heteroatoms. The highest BCUT2D eigenvalue weighted by Gasteiger charge is 2.06. The van der Waals surface area contributed by atoms with E-state index >= 15 is 0 Å². The number of hydrogen-bond donors (Lipinski definition) is 2. The van der Waals surface area contributed by atoms with Gasteiger partial charge in [0.1, 0.15) is 0 Å². The van der Waals surface area contributed by atoms with Crippen LogP contribution in [0, 0.1) is 0 Å². The third-order valence-corrected chi connectivity index (χ3v) is 2.71. The maximum Gasteiger partial charge on any atom is 0.316 e. The number of carbonyl (C=O) groups is 1. The van der Waals surface area contributed by atoms with Crippen LogP contribution in [0.1, 0.15) is 16.8 Å². The van der Waals surface area contributed by atoms with E-state index in [0.717, 1.165) is 0 Å². The van der Waals surface area contributed by atoms with Crippen molar-refractivity contribution < 1.29 is 17.8 Å². The summed E-state index contributed by atoms with van der Waals surface area (Å²) in [5.41, 5.74) is 0.523. The fourth-order valence-corrected chi connectivity index (χ4v) is 1.66. The molecule has 0 aromatic heterocycles. The van der Waals surface area contributed by atoms with Crippen LogP contribution in [0.4, 0.5) is 0 Å². The Morgan fingerprint density at radius 3 is 2.35 bits per heavy atom. The second-order valence-electron chi connectivity index (χ2n) is 3.26. The van der Waals surface area contributed by atoms with E-state index < -0.39 is 10.1 Å². The molecule has 0 aliphatic rings. The van der Waals surface area contributed by atoms with Crippen molar-refractivity contribution in [2.24, 2.45) is 0 Å². The van der Waals surface area contributed by atoms with Crippen LogP contribution in [0.15, 0.2) is 30.3 Å². The van der Waals surface area contributed by atoms with Crippen molar-refractivity contribution in [1.29, 1.82) is 0 Å². The molecule has 17 heavy (non-hydrogen) atoms. The van der Waals surface area contributed by atoms with Gasteiger partial charge in [-0.15, -0.1) is 0 Å². The molecule has 1 amide bonds. The molecule has 0 fully saturated rings. The third-order valence-electron chi connectivity index (χ3n) is 1.90. The minimum atomic E-state index is -3.94. The van der Waals surface area contributed by atoms with Gasteiger partial charge < -0.3 is 5.32 Å². The van der Waals surface area contributed by atoms with Crippen LogP contribution in [0.5, 0.6) is 0 Å². The molecule has 0 spiro atoms. The van der Waals surface area contributed by atoms with Crippen molar-refractivity contribution in [1.82, 2.24) is 5.32 Å². The van der Waals surface area contributed by atoms with Crippen LogP contribution in [-0.2, 0) is 10.1 Å². The standard InChI is InChI=1S/C10H13NO4S.Mg.2H/c12-10(9-5-2-1-3-6-9)11-7-4-8-16(13,14)15;;;/h1-3,5-6H,4,7-8H2,(H,11,12)(H,13,14,15);;;. The molecule has 0 heterocycles. The summed E-state index contributed by atoms with van der Waals surface area (Å²) in [5.74, 6) is -0.599. The molecule has 0 aliphatic heterocycles. The Morgan fingerprint density at radius 1 is 1.24 bits per heavy atom. The van der Waals surface area contributed by atoms with Gasteiger partial charge in [0.2, 0.25) is 0 Å². The maximum absolute atomic E-state index is 11.4. The summed E-state index contributed by atoms with van der Waals surface area (Å²) in [6, 6.07) is 8.62. The Bertz CT molecular complexity index is 447. The summed E-state index contributed by atoms with van der Waals surface area (Å²) in [4.78, 5) is 11.4. The zero-order valence-electron chi connectivity index (χ0n) is 8.59. The molecule has 1 aromatic carbocycles. The lowest BCUT2D eigenvalue weighted by molar-refractivity contribution is 0.0953. The minimum Gasteiger partial charge on any atom is -0.352 e. The summed E-state index contributed by atoms with van der Waals surface area (Å²) in [5, 5.41) is 2.56. The van der Waals surface area contributed by atoms with Gasteiger partial charge in [0.05, 0.1) is 5.75 Å². The average molecular weight is 270 g/mol. The van der Waals surface area contributed by atoms with E-state index in [2.05, 4.69) is 5.32 Å². The molecule has 1 rings (SSSR count). The third kappa shape index (κ3) is 7.32. The predicted molar refractivity (Wildman–Crippen MR) is 68.4 cm³/mol. The second kappa shape index (κ2) is 7.65. The monoisotopic (exact) mass is 269 g/mol. The molecular formula is C10H15MgNO4S. The minimum absolute atomic E-state index is 0.